The molecule has 5 aromatic rings. The van der Waals surface area contributed by atoms with Crippen molar-refractivity contribution in [2.45, 2.75) is 30.3 Å². The van der Waals surface area contributed by atoms with Gasteiger partial charge in [0.05, 0.1) is 0 Å². The van der Waals surface area contributed by atoms with Gasteiger partial charge in [-0.15, -0.1) is 0 Å². The third-order valence-electron chi connectivity index (χ3n) is 9.16. The second-order valence-corrected chi connectivity index (χ2v) is 11.8. The second-order valence-electron chi connectivity index (χ2n) is 11.8. The lowest BCUT2D eigenvalue weighted by Gasteiger charge is -2.37. The number of cyclic esters (lactones) is 1. The third-order valence-corrected chi connectivity index (χ3v) is 9.16. The van der Waals surface area contributed by atoms with Gasteiger partial charge in [0.15, 0.2) is 6.73 Å². The van der Waals surface area contributed by atoms with Crippen LogP contribution in [-0.2, 0) is 24.6 Å². The highest BCUT2D eigenvalue weighted by molar-refractivity contribution is 5.86. The van der Waals surface area contributed by atoms with Crippen molar-refractivity contribution < 1.29 is 23.9 Å². The zero-order valence-corrected chi connectivity index (χ0v) is 25.8. The molecule has 1 atom stereocenters. The Labute approximate surface area is 273 Å². The van der Waals surface area contributed by atoms with E-state index in [0.29, 0.717) is 0 Å². The first kappa shape index (κ1) is 30.0. The van der Waals surface area contributed by atoms with E-state index in [1.807, 2.05) is 115 Å². The van der Waals surface area contributed by atoms with Crippen molar-refractivity contribution in [1.82, 2.24) is 10.2 Å². The van der Waals surface area contributed by atoms with Gasteiger partial charge in [0.25, 0.3) is 0 Å². The molecule has 1 fully saturated rings. The van der Waals surface area contributed by atoms with Gasteiger partial charge in [-0.3, -0.25) is 9.69 Å². The fourth-order valence-electron chi connectivity index (χ4n) is 6.90. The molecular weight excluding hydrogens is 588 g/mol. The molecule has 1 aliphatic carbocycles. The Morgan fingerprint density at radius 2 is 1.17 bits per heavy atom. The molecule has 2 amide bonds. The van der Waals surface area contributed by atoms with Crippen molar-refractivity contribution in [3.8, 4) is 11.1 Å². The summed E-state index contributed by atoms with van der Waals surface area (Å²) in [5.41, 5.74) is 6.16. The highest BCUT2D eigenvalue weighted by Gasteiger charge is 2.41. The number of carbonyl (C=O) groups is 3. The fourth-order valence-corrected chi connectivity index (χ4v) is 6.90. The van der Waals surface area contributed by atoms with Crippen LogP contribution in [0.15, 0.2) is 140 Å². The van der Waals surface area contributed by atoms with Gasteiger partial charge >= 0.3 is 12.1 Å². The molecule has 0 unspecified atom stereocenters. The lowest BCUT2D eigenvalue weighted by atomic mass is 9.77. The van der Waals surface area contributed by atoms with Crippen LogP contribution >= 0.6 is 0 Å². The molecule has 7 heteroatoms. The molecule has 7 nitrogen and oxygen atoms in total. The molecule has 47 heavy (non-hydrogen) atoms. The Bertz CT molecular complexity index is 1750. The maximum absolute atomic E-state index is 13.9. The van der Waals surface area contributed by atoms with Gasteiger partial charge in [-0.05, 0) is 45.4 Å². The van der Waals surface area contributed by atoms with Crippen molar-refractivity contribution in [2.24, 2.45) is 0 Å². The number of amides is 2. The van der Waals surface area contributed by atoms with Crippen molar-refractivity contribution in [3.63, 3.8) is 0 Å². The smallest absolute Gasteiger partial charge is 0.413 e. The SMILES string of the molecule is O=C(CC[C@H]1C(=O)OCN1C(=O)OCC1c2ccccc2-c2ccccc21)NC(c1ccccc1)(c1ccccc1)c1ccccc1. The number of carbonyl (C=O) groups excluding carboxylic acids is 3. The fraction of sp³-hybridized carbons (Fsp3) is 0.175. The molecular formula is C40H34N2O5. The van der Waals surface area contributed by atoms with Crippen molar-refractivity contribution in [1.29, 1.82) is 0 Å². The Hall–Kier alpha value is -5.69. The predicted molar refractivity (Wildman–Crippen MR) is 178 cm³/mol. The van der Waals surface area contributed by atoms with Crippen LogP contribution in [0, 0.1) is 0 Å². The number of ether oxygens (including phenoxy) is 2. The van der Waals surface area contributed by atoms with E-state index in [9.17, 15) is 14.4 Å². The van der Waals surface area contributed by atoms with E-state index >= 15 is 0 Å². The topological polar surface area (TPSA) is 84.9 Å². The Morgan fingerprint density at radius 3 is 1.68 bits per heavy atom. The van der Waals surface area contributed by atoms with E-state index < -0.39 is 23.6 Å². The summed E-state index contributed by atoms with van der Waals surface area (Å²) >= 11 is 0. The van der Waals surface area contributed by atoms with E-state index in [4.69, 9.17) is 9.47 Å². The van der Waals surface area contributed by atoms with E-state index in [1.165, 1.54) is 4.90 Å². The first-order valence-corrected chi connectivity index (χ1v) is 15.8. The zero-order valence-electron chi connectivity index (χ0n) is 25.8. The van der Waals surface area contributed by atoms with Crippen LogP contribution in [0.25, 0.3) is 11.1 Å². The largest absolute Gasteiger partial charge is 0.448 e. The summed E-state index contributed by atoms with van der Waals surface area (Å²) in [5.74, 6) is -0.933. The van der Waals surface area contributed by atoms with Crippen molar-refractivity contribution in [2.75, 3.05) is 13.3 Å². The molecule has 0 radical (unpaired) electrons. The average molecular weight is 623 g/mol. The molecule has 2 aliphatic rings. The summed E-state index contributed by atoms with van der Waals surface area (Å²) < 4.78 is 11.1. The molecule has 0 saturated carbocycles. The summed E-state index contributed by atoms with van der Waals surface area (Å²) in [6.45, 7) is -0.0950. The van der Waals surface area contributed by atoms with Crippen molar-refractivity contribution in [3.05, 3.63) is 167 Å². The van der Waals surface area contributed by atoms with Gasteiger partial charge in [0, 0.05) is 12.3 Å². The minimum absolute atomic E-state index is 0.0127. The quantitative estimate of drug-likeness (QED) is 0.141. The molecule has 5 aromatic carbocycles. The molecule has 1 N–H and O–H groups in total. The summed E-state index contributed by atoms with van der Waals surface area (Å²) in [6, 6.07) is 44.8. The van der Waals surface area contributed by atoms with Crippen LogP contribution < -0.4 is 5.32 Å². The number of fused-ring (bicyclic) bond motifs is 3. The molecule has 1 aliphatic heterocycles. The summed E-state index contributed by atoms with van der Waals surface area (Å²) in [7, 11) is 0. The van der Waals surface area contributed by atoms with E-state index in [2.05, 4.69) is 29.6 Å². The van der Waals surface area contributed by atoms with Gasteiger partial charge in [-0.25, -0.2) is 9.59 Å². The molecule has 0 spiro atoms. The predicted octanol–water partition coefficient (Wildman–Crippen LogP) is 7.01. The standard InChI is InChI=1S/C40H34N2O5/c43-37(41-40(28-14-4-1-5-15-28,29-16-6-2-7-17-29)30-18-8-3-9-19-30)25-24-36-38(44)47-27-42(36)39(45)46-26-35-33-22-12-10-20-31(33)32-21-11-13-23-34(32)35/h1-23,35-36H,24-27H2,(H,41,43)/t36-/m0/s1. The second kappa shape index (κ2) is 13.0. The normalized spacial score (nSPS) is 15.4. The summed E-state index contributed by atoms with van der Waals surface area (Å²) in [4.78, 5) is 41.4. The number of benzene rings is 5. The molecule has 1 saturated heterocycles. The monoisotopic (exact) mass is 622 g/mol. The lowest BCUT2D eigenvalue weighted by molar-refractivity contribution is -0.139. The van der Waals surface area contributed by atoms with E-state index in [-0.39, 0.29) is 38.0 Å². The van der Waals surface area contributed by atoms with Gasteiger partial charge in [0.1, 0.15) is 18.2 Å². The first-order chi connectivity index (χ1) is 23.1. The average Bonchev–Trinajstić information content (AvgIpc) is 3.66. The van der Waals surface area contributed by atoms with Gasteiger partial charge in [-0.1, -0.05) is 140 Å². The number of esters is 1. The van der Waals surface area contributed by atoms with Crippen LogP contribution in [0.3, 0.4) is 0 Å². The van der Waals surface area contributed by atoms with Gasteiger partial charge in [0.2, 0.25) is 5.91 Å². The number of hydrogen-bond donors (Lipinski definition) is 1. The van der Waals surface area contributed by atoms with Crippen LogP contribution in [0.4, 0.5) is 4.79 Å². The number of rotatable bonds is 9. The van der Waals surface area contributed by atoms with Crippen LogP contribution in [0.1, 0.15) is 46.6 Å². The van der Waals surface area contributed by atoms with Crippen LogP contribution in [-0.4, -0.2) is 42.2 Å². The van der Waals surface area contributed by atoms with E-state index in [1.54, 1.807) is 0 Å². The Kier molecular flexibility index (Phi) is 8.27. The minimum atomic E-state index is -0.983. The molecule has 0 bridgehead atoms. The Balaban J connectivity index is 1.08. The summed E-state index contributed by atoms with van der Waals surface area (Å²) in [5, 5.41) is 3.32. The van der Waals surface area contributed by atoms with Crippen molar-refractivity contribution >= 4 is 18.0 Å². The number of nitrogens with one attached hydrogen (secondary N) is 1. The van der Waals surface area contributed by atoms with E-state index in [0.717, 1.165) is 38.9 Å². The van der Waals surface area contributed by atoms with Crippen LogP contribution in [0.5, 0.6) is 0 Å². The molecule has 1 heterocycles. The van der Waals surface area contributed by atoms with Gasteiger partial charge < -0.3 is 14.8 Å². The third kappa shape index (κ3) is 5.65. The molecule has 234 valence electrons. The highest BCUT2D eigenvalue weighted by atomic mass is 16.6. The number of hydrogen-bond acceptors (Lipinski definition) is 5. The lowest BCUT2D eigenvalue weighted by Crippen LogP contribution is -2.48. The maximum atomic E-state index is 13.9. The maximum Gasteiger partial charge on any atom is 0.413 e. The first-order valence-electron chi connectivity index (χ1n) is 15.8. The molecule has 7 rings (SSSR count). The molecule has 0 aromatic heterocycles. The minimum Gasteiger partial charge on any atom is -0.448 e. The zero-order chi connectivity index (χ0) is 32.2. The van der Waals surface area contributed by atoms with Crippen LogP contribution in [0.2, 0.25) is 0 Å². The highest BCUT2D eigenvalue weighted by Crippen LogP contribution is 2.44. The Morgan fingerprint density at radius 1 is 0.702 bits per heavy atom. The summed E-state index contributed by atoms with van der Waals surface area (Å²) in [6.07, 6.45) is -0.569. The van der Waals surface area contributed by atoms with Gasteiger partial charge in [-0.2, -0.15) is 0 Å². The number of nitrogens with zero attached hydrogens (tertiary/aromatic N) is 1.